The van der Waals surface area contributed by atoms with Crippen molar-refractivity contribution in [2.24, 2.45) is 0 Å². The summed E-state index contributed by atoms with van der Waals surface area (Å²) in [6.45, 7) is 2.67. The Morgan fingerprint density at radius 2 is 2.10 bits per heavy atom. The minimum Gasteiger partial charge on any atom is -0.493 e. The maximum Gasteiger partial charge on any atom is 0.122 e. The Kier molecular flexibility index (Phi) is 3.97. The maximum absolute atomic E-state index is 12.7. The van der Waals surface area contributed by atoms with E-state index in [1.165, 1.54) is 0 Å². The SMILES string of the molecule is Cc1ccc(N)c(S(=O)CC2CCOc3ccccc32)c1. The highest BCUT2D eigenvalue weighted by Gasteiger charge is 2.24. The summed E-state index contributed by atoms with van der Waals surface area (Å²) in [5.74, 6) is 1.77. The molecule has 0 saturated heterocycles. The highest BCUT2D eigenvalue weighted by Crippen LogP contribution is 2.35. The fraction of sp³-hybridized carbons (Fsp3) is 0.294. The molecule has 2 aromatic carbocycles. The van der Waals surface area contributed by atoms with Crippen LogP contribution in [0.25, 0.3) is 0 Å². The fourth-order valence-corrected chi connectivity index (χ4v) is 4.24. The topological polar surface area (TPSA) is 52.3 Å². The Hall–Kier alpha value is -1.81. The second-order valence-electron chi connectivity index (χ2n) is 5.43. The lowest BCUT2D eigenvalue weighted by atomic mass is 9.95. The first-order valence-corrected chi connectivity index (χ1v) is 8.43. The van der Waals surface area contributed by atoms with Gasteiger partial charge in [-0.25, -0.2) is 0 Å². The van der Waals surface area contributed by atoms with E-state index in [9.17, 15) is 4.21 Å². The zero-order chi connectivity index (χ0) is 14.8. The molecule has 0 aliphatic carbocycles. The molecule has 0 radical (unpaired) electrons. The molecule has 21 heavy (non-hydrogen) atoms. The summed E-state index contributed by atoms with van der Waals surface area (Å²) in [7, 11) is -1.09. The largest absolute Gasteiger partial charge is 0.493 e. The zero-order valence-corrected chi connectivity index (χ0v) is 12.9. The van der Waals surface area contributed by atoms with Gasteiger partial charge in [0.15, 0.2) is 0 Å². The third-order valence-corrected chi connectivity index (χ3v) is 5.40. The van der Waals surface area contributed by atoms with Gasteiger partial charge in [-0.15, -0.1) is 0 Å². The van der Waals surface area contributed by atoms with Crippen molar-refractivity contribution in [1.82, 2.24) is 0 Å². The van der Waals surface area contributed by atoms with Crippen LogP contribution in [0.2, 0.25) is 0 Å². The highest BCUT2D eigenvalue weighted by molar-refractivity contribution is 7.85. The van der Waals surface area contributed by atoms with Crippen LogP contribution < -0.4 is 10.5 Å². The minimum atomic E-state index is -1.09. The number of ether oxygens (including phenoxy) is 1. The van der Waals surface area contributed by atoms with Crippen molar-refractivity contribution in [2.45, 2.75) is 24.2 Å². The number of anilines is 1. The van der Waals surface area contributed by atoms with E-state index in [4.69, 9.17) is 10.5 Å². The van der Waals surface area contributed by atoms with Gasteiger partial charge >= 0.3 is 0 Å². The summed E-state index contributed by atoms with van der Waals surface area (Å²) in [6, 6.07) is 13.7. The third kappa shape index (κ3) is 2.95. The molecule has 3 rings (SSSR count). The molecule has 0 aromatic heterocycles. The van der Waals surface area contributed by atoms with Gasteiger partial charge in [-0.2, -0.15) is 0 Å². The van der Waals surface area contributed by atoms with E-state index < -0.39 is 10.8 Å². The van der Waals surface area contributed by atoms with Crippen LogP contribution in [0.5, 0.6) is 5.75 Å². The van der Waals surface area contributed by atoms with Gasteiger partial charge in [-0.3, -0.25) is 4.21 Å². The number of fused-ring (bicyclic) bond motifs is 1. The average molecular weight is 301 g/mol. The number of nitrogen functional groups attached to an aromatic ring is 1. The second kappa shape index (κ2) is 5.90. The Balaban J connectivity index is 1.84. The number of hydrogen-bond donors (Lipinski definition) is 1. The summed E-state index contributed by atoms with van der Waals surface area (Å²) < 4.78 is 18.3. The number of aryl methyl sites for hydroxylation is 1. The number of para-hydroxylation sites is 1. The Bertz CT molecular complexity index is 684. The van der Waals surface area contributed by atoms with Gasteiger partial charge < -0.3 is 10.5 Å². The maximum atomic E-state index is 12.7. The highest BCUT2D eigenvalue weighted by atomic mass is 32.2. The van der Waals surface area contributed by atoms with Crippen LogP contribution in [0.15, 0.2) is 47.4 Å². The molecule has 1 heterocycles. The van der Waals surface area contributed by atoms with E-state index in [2.05, 4.69) is 6.07 Å². The molecule has 0 amide bonds. The van der Waals surface area contributed by atoms with Crippen molar-refractivity contribution in [3.8, 4) is 5.75 Å². The van der Waals surface area contributed by atoms with Gasteiger partial charge in [-0.05, 0) is 42.7 Å². The molecular formula is C17H19NO2S. The molecule has 3 nitrogen and oxygen atoms in total. The first-order chi connectivity index (χ1) is 10.1. The van der Waals surface area contributed by atoms with Crippen LogP contribution in [-0.2, 0) is 10.8 Å². The van der Waals surface area contributed by atoms with Gasteiger partial charge in [0.05, 0.1) is 22.3 Å². The summed E-state index contributed by atoms with van der Waals surface area (Å²) in [5.41, 5.74) is 8.82. The van der Waals surface area contributed by atoms with Crippen molar-refractivity contribution >= 4 is 16.5 Å². The number of benzene rings is 2. The standard InChI is InChI=1S/C17H19NO2S/c1-12-6-7-15(18)17(10-12)21(19)11-13-8-9-20-16-5-3-2-4-14(13)16/h2-7,10,13H,8-9,11,18H2,1H3. The van der Waals surface area contributed by atoms with Crippen LogP contribution in [-0.4, -0.2) is 16.6 Å². The Labute approximate surface area is 127 Å². The summed E-state index contributed by atoms with van der Waals surface area (Å²) >= 11 is 0. The summed E-state index contributed by atoms with van der Waals surface area (Å²) in [6.07, 6.45) is 0.897. The molecule has 1 aliphatic rings. The lowest BCUT2D eigenvalue weighted by Crippen LogP contribution is -2.19. The quantitative estimate of drug-likeness (QED) is 0.885. The molecule has 4 heteroatoms. The van der Waals surface area contributed by atoms with Crippen molar-refractivity contribution in [2.75, 3.05) is 18.1 Å². The van der Waals surface area contributed by atoms with Crippen LogP contribution >= 0.6 is 0 Å². The second-order valence-corrected chi connectivity index (χ2v) is 6.89. The van der Waals surface area contributed by atoms with Gasteiger partial charge in [0.25, 0.3) is 0 Å². The molecule has 0 fully saturated rings. The summed E-state index contributed by atoms with van der Waals surface area (Å²) in [4.78, 5) is 0.749. The van der Waals surface area contributed by atoms with Crippen molar-refractivity contribution in [3.63, 3.8) is 0 Å². The van der Waals surface area contributed by atoms with Crippen LogP contribution in [0, 0.1) is 6.92 Å². The van der Waals surface area contributed by atoms with Gasteiger partial charge in [0, 0.05) is 17.4 Å². The molecule has 0 bridgehead atoms. The normalized spacial score (nSPS) is 18.6. The van der Waals surface area contributed by atoms with Gasteiger partial charge in [0.1, 0.15) is 5.75 Å². The predicted octanol–water partition coefficient (Wildman–Crippen LogP) is 3.25. The molecule has 0 spiro atoms. The number of rotatable bonds is 3. The van der Waals surface area contributed by atoms with E-state index >= 15 is 0 Å². The van der Waals surface area contributed by atoms with Crippen molar-refractivity contribution < 1.29 is 8.95 Å². The molecule has 1 aliphatic heterocycles. The number of nitrogens with two attached hydrogens (primary N) is 1. The first-order valence-electron chi connectivity index (χ1n) is 7.11. The fourth-order valence-electron chi connectivity index (χ4n) is 2.70. The first kappa shape index (κ1) is 14.1. The van der Waals surface area contributed by atoms with E-state index in [0.717, 1.165) is 28.2 Å². The molecule has 0 saturated carbocycles. The monoisotopic (exact) mass is 301 g/mol. The Morgan fingerprint density at radius 1 is 1.29 bits per heavy atom. The van der Waals surface area contributed by atoms with Crippen LogP contribution in [0.1, 0.15) is 23.5 Å². The average Bonchev–Trinajstić information content (AvgIpc) is 2.50. The molecule has 2 N–H and O–H groups in total. The number of hydrogen-bond acceptors (Lipinski definition) is 3. The van der Waals surface area contributed by atoms with Crippen molar-refractivity contribution in [3.05, 3.63) is 53.6 Å². The van der Waals surface area contributed by atoms with E-state index in [1.807, 2.05) is 43.3 Å². The van der Waals surface area contributed by atoms with E-state index in [1.54, 1.807) is 0 Å². The minimum absolute atomic E-state index is 0.260. The molecule has 2 unspecified atom stereocenters. The molecular weight excluding hydrogens is 282 g/mol. The van der Waals surface area contributed by atoms with E-state index in [-0.39, 0.29) is 5.92 Å². The third-order valence-electron chi connectivity index (χ3n) is 3.85. The molecule has 2 atom stereocenters. The predicted molar refractivity (Wildman–Crippen MR) is 86.2 cm³/mol. The lowest BCUT2D eigenvalue weighted by molar-refractivity contribution is 0.273. The van der Waals surface area contributed by atoms with Crippen LogP contribution in [0.3, 0.4) is 0 Å². The summed E-state index contributed by atoms with van der Waals surface area (Å²) in [5, 5.41) is 0. The van der Waals surface area contributed by atoms with E-state index in [0.29, 0.717) is 18.0 Å². The van der Waals surface area contributed by atoms with Gasteiger partial charge in [-0.1, -0.05) is 24.3 Å². The molecule has 2 aromatic rings. The van der Waals surface area contributed by atoms with Crippen molar-refractivity contribution in [1.29, 1.82) is 0 Å². The lowest BCUT2D eigenvalue weighted by Gasteiger charge is -2.25. The smallest absolute Gasteiger partial charge is 0.122 e. The zero-order valence-electron chi connectivity index (χ0n) is 12.0. The molecule has 110 valence electrons. The van der Waals surface area contributed by atoms with Crippen LogP contribution in [0.4, 0.5) is 5.69 Å². The van der Waals surface area contributed by atoms with Gasteiger partial charge in [0.2, 0.25) is 0 Å². The Morgan fingerprint density at radius 3 is 2.95 bits per heavy atom.